The molecule has 0 radical (unpaired) electrons. The number of rotatable bonds is 1. The number of carbonyl (C=O) groups excluding carboxylic acids is 1. The summed E-state index contributed by atoms with van der Waals surface area (Å²) in [4.78, 5) is 10.8. The topological polar surface area (TPSA) is 40.9 Å². The van der Waals surface area contributed by atoms with Crippen LogP contribution in [0.2, 0.25) is 0 Å². The first kappa shape index (κ1) is 9.35. The van der Waals surface area contributed by atoms with E-state index in [1.807, 2.05) is 6.07 Å². The smallest absolute Gasteiger partial charge is 0.150 e. The second-order valence-electron chi connectivity index (χ2n) is 3.16. The maximum absolute atomic E-state index is 13.0. The van der Waals surface area contributed by atoms with Crippen LogP contribution in [0.1, 0.15) is 15.9 Å². The van der Waals surface area contributed by atoms with Gasteiger partial charge in [0.15, 0.2) is 6.29 Å². The molecule has 2 rings (SSSR count). The highest BCUT2D eigenvalue weighted by Crippen LogP contribution is 2.20. The summed E-state index contributed by atoms with van der Waals surface area (Å²) in [6.45, 7) is 0. The van der Waals surface area contributed by atoms with Crippen LogP contribution in [0.5, 0.6) is 0 Å². The summed E-state index contributed by atoms with van der Waals surface area (Å²) < 4.78 is 13.0. The zero-order valence-electron chi connectivity index (χ0n) is 7.70. The van der Waals surface area contributed by atoms with Crippen LogP contribution >= 0.6 is 0 Å². The van der Waals surface area contributed by atoms with Gasteiger partial charge in [-0.15, -0.1) is 0 Å². The molecule has 2 aromatic rings. The van der Waals surface area contributed by atoms with Gasteiger partial charge >= 0.3 is 0 Å². The molecule has 0 fully saturated rings. The van der Waals surface area contributed by atoms with Gasteiger partial charge in [-0.05, 0) is 35.0 Å². The Kier molecular flexibility index (Phi) is 2.18. The van der Waals surface area contributed by atoms with Crippen molar-refractivity contribution >= 4 is 17.1 Å². The van der Waals surface area contributed by atoms with Gasteiger partial charge in [0, 0.05) is 5.56 Å². The number of nitrogens with zero attached hydrogens (tertiary/aromatic N) is 1. The standard InChI is InChI=1S/C12H6FNO/c13-11-2-1-9-3-8(6-14)4-10(7-15)12(9)5-11/h1-5,7H. The Morgan fingerprint density at radius 2 is 2.07 bits per heavy atom. The minimum atomic E-state index is -0.393. The summed E-state index contributed by atoms with van der Waals surface area (Å²) in [5, 5.41) is 9.96. The second kappa shape index (κ2) is 3.50. The molecule has 0 unspecified atom stereocenters. The Hall–Kier alpha value is -2.21. The highest BCUT2D eigenvalue weighted by Gasteiger charge is 2.04. The average molecular weight is 199 g/mol. The number of halogens is 1. The van der Waals surface area contributed by atoms with Crippen molar-refractivity contribution in [2.24, 2.45) is 0 Å². The lowest BCUT2D eigenvalue weighted by Gasteiger charge is -2.01. The van der Waals surface area contributed by atoms with Crippen molar-refractivity contribution in [2.75, 3.05) is 0 Å². The predicted molar refractivity (Wildman–Crippen MR) is 54.0 cm³/mol. The van der Waals surface area contributed by atoms with E-state index in [0.717, 1.165) is 0 Å². The lowest BCUT2D eigenvalue weighted by atomic mass is 10.0. The van der Waals surface area contributed by atoms with Crippen LogP contribution in [0.15, 0.2) is 30.3 Å². The number of hydrogen-bond acceptors (Lipinski definition) is 2. The van der Waals surface area contributed by atoms with Gasteiger partial charge in [0.2, 0.25) is 0 Å². The number of aldehydes is 1. The van der Waals surface area contributed by atoms with E-state index in [4.69, 9.17) is 5.26 Å². The number of fused-ring (bicyclic) bond motifs is 1. The lowest BCUT2D eigenvalue weighted by Crippen LogP contribution is -1.87. The average Bonchev–Trinajstić information content (AvgIpc) is 2.27. The third-order valence-electron chi connectivity index (χ3n) is 2.20. The maximum atomic E-state index is 13.0. The lowest BCUT2D eigenvalue weighted by molar-refractivity contribution is 0.112. The van der Waals surface area contributed by atoms with Gasteiger partial charge in [-0.25, -0.2) is 4.39 Å². The normalized spacial score (nSPS) is 9.87. The first-order valence-electron chi connectivity index (χ1n) is 4.33. The molecular weight excluding hydrogens is 193 g/mol. The fourth-order valence-electron chi connectivity index (χ4n) is 1.52. The Morgan fingerprint density at radius 3 is 2.73 bits per heavy atom. The fourth-order valence-corrected chi connectivity index (χ4v) is 1.52. The number of hydrogen-bond donors (Lipinski definition) is 0. The van der Waals surface area contributed by atoms with Gasteiger partial charge in [-0.2, -0.15) is 5.26 Å². The van der Waals surface area contributed by atoms with Crippen LogP contribution in [0.3, 0.4) is 0 Å². The van der Waals surface area contributed by atoms with Gasteiger partial charge in [0.1, 0.15) is 5.82 Å². The van der Waals surface area contributed by atoms with Crippen molar-refractivity contribution < 1.29 is 9.18 Å². The quantitative estimate of drug-likeness (QED) is 0.662. The highest BCUT2D eigenvalue weighted by atomic mass is 19.1. The van der Waals surface area contributed by atoms with E-state index in [1.165, 1.54) is 18.2 Å². The molecule has 0 spiro atoms. The summed E-state index contributed by atoms with van der Waals surface area (Å²) in [6, 6.07) is 9.19. The third kappa shape index (κ3) is 1.57. The van der Waals surface area contributed by atoms with Crippen molar-refractivity contribution in [1.29, 1.82) is 5.26 Å². The Balaban J connectivity index is 2.88. The maximum Gasteiger partial charge on any atom is 0.150 e. The highest BCUT2D eigenvalue weighted by molar-refractivity contribution is 5.98. The number of carbonyl (C=O) groups is 1. The van der Waals surface area contributed by atoms with Crippen molar-refractivity contribution in [2.45, 2.75) is 0 Å². The second-order valence-corrected chi connectivity index (χ2v) is 3.16. The molecule has 3 heteroatoms. The van der Waals surface area contributed by atoms with E-state index in [0.29, 0.717) is 28.2 Å². The molecule has 0 saturated heterocycles. The van der Waals surface area contributed by atoms with Crippen LogP contribution in [-0.4, -0.2) is 6.29 Å². The minimum Gasteiger partial charge on any atom is -0.298 e. The predicted octanol–water partition coefficient (Wildman–Crippen LogP) is 2.66. The molecule has 0 bridgehead atoms. The molecule has 0 amide bonds. The van der Waals surface area contributed by atoms with Crippen molar-refractivity contribution in [1.82, 2.24) is 0 Å². The van der Waals surface area contributed by atoms with E-state index >= 15 is 0 Å². The summed E-state index contributed by atoms with van der Waals surface area (Å²) in [6.07, 6.45) is 0.628. The molecule has 0 heterocycles. The molecule has 2 nitrogen and oxygen atoms in total. The van der Waals surface area contributed by atoms with Gasteiger partial charge in [-0.3, -0.25) is 4.79 Å². The van der Waals surface area contributed by atoms with E-state index in [1.54, 1.807) is 12.1 Å². The Morgan fingerprint density at radius 1 is 1.27 bits per heavy atom. The molecule has 0 aromatic heterocycles. The zero-order valence-corrected chi connectivity index (χ0v) is 7.70. The van der Waals surface area contributed by atoms with Crippen molar-refractivity contribution in [3.05, 3.63) is 47.3 Å². The van der Waals surface area contributed by atoms with Gasteiger partial charge in [0.05, 0.1) is 11.6 Å². The molecule has 0 aliphatic rings. The molecular formula is C12H6FNO. The van der Waals surface area contributed by atoms with Crippen LogP contribution in [-0.2, 0) is 0 Å². The SMILES string of the molecule is N#Cc1cc(C=O)c2cc(F)ccc2c1. The molecule has 72 valence electrons. The van der Waals surface area contributed by atoms with Gasteiger partial charge < -0.3 is 0 Å². The Bertz CT molecular complexity index is 584. The van der Waals surface area contributed by atoms with Gasteiger partial charge in [-0.1, -0.05) is 6.07 Å². The zero-order chi connectivity index (χ0) is 10.8. The fraction of sp³-hybridized carbons (Fsp3) is 0. The van der Waals surface area contributed by atoms with Crippen molar-refractivity contribution in [3.8, 4) is 6.07 Å². The monoisotopic (exact) mass is 199 g/mol. The van der Waals surface area contributed by atoms with Gasteiger partial charge in [0.25, 0.3) is 0 Å². The van der Waals surface area contributed by atoms with Crippen LogP contribution < -0.4 is 0 Å². The van der Waals surface area contributed by atoms with E-state index in [2.05, 4.69) is 0 Å². The van der Waals surface area contributed by atoms with Crippen LogP contribution in [0.25, 0.3) is 10.8 Å². The summed E-state index contributed by atoms with van der Waals surface area (Å²) in [5.74, 6) is -0.393. The molecule has 0 aliphatic carbocycles. The van der Waals surface area contributed by atoms with E-state index < -0.39 is 5.82 Å². The summed E-state index contributed by atoms with van der Waals surface area (Å²) in [5.41, 5.74) is 0.736. The van der Waals surface area contributed by atoms with E-state index in [9.17, 15) is 9.18 Å². The van der Waals surface area contributed by atoms with E-state index in [-0.39, 0.29) is 0 Å². The summed E-state index contributed by atoms with van der Waals surface area (Å²) >= 11 is 0. The number of benzene rings is 2. The molecule has 0 aliphatic heterocycles. The molecule has 15 heavy (non-hydrogen) atoms. The molecule has 2 aromatic carbocycles. The molecule has 0 saturated carbocycles. The van der Waals surface area contributed by atoms with Crippen LogP contribution in [0.4, 0.5) is 4.39 Å². The Labute approximate surface area is 85.6 Å². The minimum absolute atomic E-state index is 0.337. The van der Waals surface area contributed by atoms with Crippen molar-refractivity contribution in [3.63, 3.8) is 0 Å². The largest absolute Gasteiger partial charge is 0.298 e. The first-order valence-corrected chi connectivity index (χ1v) is 4.33. The molecule has 0 N–H and O–H groups in total. The first-order chi connectivity index (χ1) is 7.24. The summed E-state index contributed by atoms with van der Waals surface area (Å²) in [7, 11) is 0. The molecule has 0 atom stereocenters. The number of nitriles is 1. The third-order valence-corrected chi connectivity index (χ3v) is 2.20. The van der Waals surface area contributed by atoms with Crippen LogP contribution in [0, 0.1) is 17.1 Å².